The highest BCUT2D eigenvalue weighted by Gasteiger charge is 2.17. The molecule has 0 spiro atoms. The van der Waals surface area contributed by atoms with E-state index in [9.17, 15) is 4.79 Å². The van der Waals surface area contributed by atoms with Gasteiger partial charge in [-0.2, -0.15) is 5.10 Å². The van der Waals surface area contributed by atoms with E-state index in [1.807, 2.05) is 4.68 Å². The molecule has 1 amide bonds. The second-order valence-electron chi connectivity index (χ2n) is 6.88. The Kier molecular flexibility index (Phi) is 10.2. The van der Waals surface area contributed by atoms with Gasteiger partial charge in [0.2, 0.25) is 5.91 Å². The lowest BCUT2D eigenvalue weighted by atomic mass is 9.97. The maximum absolute atomic E-state index is 12.5. The summed E-state index contributed by atoms with van der Waals surface area (Å²) in [6.45, 7) is 8.68. The third kappa shape index (κ3) is 6.85. The summed E-state index contributed by atoms with van der Waals surface area (Å²) in [4.78, 5) is 21.7. The quantitative estimate of drug-likeness (QED) is 0.274. The number of hydrogen-bond acceptors (Lipinski definition) is 7. The molecule has 2 heterocycles. The van der Waals surface area contributed by atoms with E-state index in [4.69, 9.17) is 4.74 Å². The second-order valence-corrected chi connectivity index (χ2v) is 8.11. The van der Waals surface area contributed by atoms with Gasteiger partial charge in [0.1, 0.15) is 5.82 Å². The first-order valence-electron chi connectivity index (χ1n) is 10.5. The van der Waals surface area contributed by atoms with E-state index in [2.05, 4.69) is 46.5 Å². The number of carbonyl (C=O) groups excluding carboxylic acids is 1. The van der Waals surface area contributed by atoms with Gasteiger partial charge in [-0.25, -0.2) is 14.6 Å². The number of carbonyl (C=O) groups is 1. The number of anilines is 1. The Bertz CT molecular complexity index is 761. The average Bonchev–Trinajstić information content (AvgIpc) is 3.11. The topological polar surface area (TPSA) is 94.0 Å². The fourth-order valence-electron chi connectivity index (χ4n) is 3.23. The molecule has 0 radical (unpaired) electrons. The van der Waals surface area contributed by atoms with Crippen molar-refractivity contribution in [1.82, 2.24) is 25.1 Å². The van der Waals surface area contributed by atoms with E-state index in [0.717, 1.165) is 53.4 Å². The fraction of sp³-hybridized carbons (Fsp3) is 0.700. The van der Waals surface area contributed by atoms with E-state index < -0.39 is 0 Å². The van der Waals surface area contributed by atoms with Gasteiger partial charge in [-0.15, -0.1) is 0 Å². The first-order chi connectivity index (χ1) is 14.1. The van der Waals surface area contributed by atoms with Gasteiger partial charge in [0.05, 0.1) is 24.7 Å². The molecule has 0 saturated heterocycles. The molecule has 0 bridgehead atoms. The first-order valence-corrected chi connectivity index (χ1v) is 11.5. The normalized spacial score (nSPS) is 11.3. The maximum Gasteiger partial charge on any atom is 0.223 e. The van der Waals surface area contributed by atoms with Crippen molar-refractivity contribution < 1.29 is 9.53 Å². The minimum atomic E-state index is 0.103. The Morgan fingerprint density at radius 2 is 1.97 bits per heavy atom. The lowest BCUT2D eigenvalue weighted by Crippen LogP contribution is -2.33. The van der Waals surface area contributed by atoms with Gasteiger partial charge >= 0.3 is 0 Å². The summed E-state index contributed by atoms with van der Waals surface area (Å²) in [5.74, 6) is 1.91. The first kappa shape index (κ1) is 23.4. The molecule has 162 valence electrons. The minimum absolute atomic E-state index is 0.103. The lowest BCUT2D eigenvalue weighted by Gasteiger charge is -2.15. The average molecular weight is 423 g/mol. The second kappa shape index (κ2) is 12.6. The van der Waals surface area contributed by atoms with Crippen LogP contribution in [0.4, 0.5) is 5.82 Å². The van der Waals surface area contributed by atoms with Gasteiger partial charge in [0, 0.05) is 26.1 Å². The molecule has 0 aliphatic carbocycles. The van der Waals surface area contributed by atoms with Crippen LogP contribution in [-0.2, 0) is 16.1 Å². The van der Waals surface area contributed by atoms with E-state index in [1.165, 1.54) is 0 Å². The Balaban J connectivity index is 2.09. The van der Waals surface area contributed by atoms with Gasteiger partial charge in [-0.05, 0) is 18.6 Å². The molecular weight excluding hydrogens is 388 g/mol. The summed E-state index contributed by atoms with van der Waals surface area (Å²) in [5.41, 5.74) is 0.781. The molecule has 2 aromatic heterocycles. The zero-order valence-corrected chi connectivity index (χ0v) is 18.8. The van der Waals surface area contributed by atoms with Crippen LogP contribution in [-0.4, -0.2) is 58.2 Å². The molecule has 0 saturated carbocycles. The van der Waals surface area contributed by atoms with Crippen LogP contribution >= 0.6 is 11.8 Å². The number of aromatic nitrogens is 4. The van der Waals surface area contributed by atoms with Crippen molar-refractivity contribution in [3.8, 4) is 0 Å². The van der Waals surface area contributed by atoms with E-state index in [0.29, 0.717) is 26.2 Å². The Morgan fingerprint density at radius 3 is 2.62 bits per heavy atom. The van der Waals surface area contributed by atoms with Crippen LogP contribution in [0.2, 0.25) is 0 Å². The summed E-state index contributed by atoms with van der Waals surface area (Å²) in [6.07, 6.45) is 5.70. The van der Waals surface area contributed by atoms with Crippen LogP contribution in [0, 0.1) is 5.92 Å². The monoisotopic (exact) mass is 422 g/mol. The van der Waals surface area contributed by atoms with Crippen LogP contribution in [0.15, 0.2) is 11.4 Å². The number of nitrogens with zero attached hydrogens (tertiary/aromatic N) is 4. The standard InChI is InChI=1S/C20H34N6O2S/c1-5-8-15(9-6-2)19(27)22-10-12-26-18-16(14-23-26)17(21-11-13-28-4)24-20(25-18)29-7-3/h14-15H,5-13H2,1-4H3,(H,22,27)(H,21,24,25). The molecule has 0 aliphatic rings. The number of hydrogen-bond donors (Lipinski definition) is 2. The van der Waals surface area contributed by atoms with E-state index >= 15 is 0 Å². The number of methoxy groups -OCH3 is 1. The van der Waals surface area contributed by atoms with Crippen molar-refractivity contribution in [2.75, 3.05) is 37.9 Å². The maximum atomic E-state index is 12.5. The highest BCUT2D eigenvalue weighted by Crippen LogP contribution is 2.24. The van der Waals surface area contributed by atoms with E-state index in [1.54, 1.807) is 25.1 Å². The summed E-state index contributed by atoms with van der Waals surface area (Å²) in [7, 11) is 1.67. The van der Waals surface area contributed by atoms with Crippen LogP contribution in [0.3, 0.4) is 0 Å². The predicted octanol–water partition coefficient (Wildman–Crippen LogP) is 3.33. The zero-order chi connectivity index (χ0) is 21.1. The number of rotatable bonds is 14. The van der Waals surface area contributed by atoms with Gasteiger partial charge in [-0.3, -0.25) is 4.79 Å². The van der Waals surface area contributed by atoms with Crippen molar-refractivity contribution in [3.05, 3.63) is 6.20 Å². The van der Waals surface area contributed by atoms with Crippen LogP contribution < -0.4 is 10.6 Å². The molecule has 0 fully saturated rings. The number of amides is 1. The van der Waals surface area contributed by atoms with Gasteiger partial charge in [0.25, 0.3) is 0 Å². The summed E-state index contributed by atoms with van der Waals surface area (Å²) in [6, 6.07) is 0. The van der Waals surface area contributed by atoms with Crippen molar-refractivity contribution in [2.24, 2.45) is 5.92 Å². The number of ether oxygens (including phenoxy) is 1. The smallest absolute Gasteiger partial charge is 0.223 e. The molecule has 2 rings (SSSR count). The van der Waals surface area contributed by atoms with Crippen molar-refractivity contribution in [1.29, 1.82) is 0 Å². The molecule has 2 N–H and O–H groups in total. The Hall–Kier alpha value is -1.87. The molecule has 0 atom stereocenters. The van der Waals surface area contributed by atoms with Crippen LogP contribution in [0.25, 0.3) is 11.0 Å². The number of fused-ring (bicyclic) bond motifs is 1. The molecule has 0 aliphatic heterocycles. The molecule has 9 heteroatoms. The van der Waals surface area contributed by atoms with Gasteiger partial charge in [-0.1, -0.05) is 45.4 Å². The van der Waals surface area contributed by atoms with Crippen molar-refractivity contribution in [2.45, 2.75) is 58.2 Å². The van der Waals surface area contributed by atoms with Crippen molar-refractivity contribution >= 4 is 34.5 Å². The molecule has 0 aromatic carbocycles. The highest BCUT2D eigenvalue weighted by molar-refractivity contribution is 7.99. The van der Waals surface area contributed by atoms with Gasteiger partial charge in [0.15, 0.2) is 10.8 Å². The van der Waals surface area contributed by atoms with Crippen LogP contribution in [0.1, 0.15) is 46.5 Å². The number of thioether (sulfide) groups is 1. The summed E-state index contributed by atoms with van der Waals surface area (Å²) >= 11 is 1.59. The van der Waals surface area contributed by atoms with Gasteiger partial charge < -0.3 is 15.4 Å². The summed E-state index contributed by atoms with van der Waals surface area (Å²) < 4.78 is 6.96. The Morgan fingerprint density at radius 1 is 1.21 bits per heavy atom. The predicted molar refractivity (Wildman–Crippen MR) is 118 cm³/mol. The molecule has 8 nitrogen and oxygen atoms in total. The molecule has 29 heavy (non-hydrogen) atoms. The highest BCUT2D eigenvalue weighted by atomic mass is 32.2. The summed E-state index contributed by atoms with van der Waals surface area (Å²) in [5, 5.41) is 12.5. The third-order valence-corrected chi connectivity index (χ3v) is 5.35. The largest absolute Gasteiger partial charge is 0.383 e. The van der Waals surface area contributed by atoms with E-state index in [-0.39, 0.29) is 11.8 Å². The SMILES string of the molecule is CCCC(CCC)C(=O)NCCn1ncc2c(NCCOC)nc(SCC)nc21. The molecular formula is C20H34N6O2S. The zero-order valence-electron chi connectivity index (χ0n) is 18.0. The minimum Gasteiger partial charge on any atom is -0.383 e. The fourth-order valence-corrected chi connectivity index (χ4v) is 3.80. The lowest BCUT2D eigenvalue weighted by molar-refractivity contribution is -0.125. The number of nitrogens with one attached hydrogen (secondary N) is 2. The van der Waals surface area contributed by atoms with Crippen molar-refractivity contribution in [3.63, 3.8) is 0 Å². The molecule has 2 aromatic rings. The third-order valence-electron chi connectivity index (χ3n) is 4.62. The Labute approximate surface area is 177 Å². The van der Waals surface area contributed by atoms with Crippen LogP contribution in [0.5, 0.6) is 0 Å². The molecule has 0 unspecified atom stereocenters.